The summed E-state index contributed by atoms with van der Waals surface area (Å²) >= 11 is 9.76. The second kappa shape index (κ2) is 6.22. The van der Waals surface area contributed by atoms with Gasteiger partial charge in [-0.2, -0.15) is 0 Å². The summed E-state index contributed by atoms with van der Waals surface area (Å²) < 4.78 is 16.6. The zero-order valence-corrected chi connectivity index (χ0v) is 15.0. The van der Waals surface area contributed by atoms with Gasteiger partial charge in [0, 0.05) is 10.9 Å². The van der Waals surface area contributed by atoms with Crippen LogP contribution in [0, 0.1) is 9.39 Å². The van der Waals surface area contributed by atoms with Gasteiger partial charge < -0.3 is 4.57 Å². The van der Waals surface area contributed by atoms with E-state index in [0.717, 1.165) is 23.3 Å². The van der Waals surface area contributed by atoms with Crippen molar-refractivity contribution in [1.29, 1.82) is 0 Å². The summed E-state index contributed by atoms with van der Waals surface area (Å²) in [6.45, 7) is 2.12. The average Bonchev–Trinajstić information content (AvgIpc) is 3.10. The Labute approximate surface area is 145 Å². The molecule has 0 radical (unpaired) electrons. The van der Waals surface area contributed by atoms with Crippen LogP contribution in [0.25, 0.3) is 11.0 Å². The lowest BCUT2D eigenvalue weighted by atomic mass is 10.1. The summed E-state index contributed by atoms with van der Waals surface area (Å²) in [4.78, 5) is 5.81. The fourth-order valence-corrected chi connectivity index (χ4v) is 4.11. The van der Waals surface area contributed by atoms with E-state index in [4.69, 9.17) is 11.6 Å². The van der Waals surface area contributed by atoms with E-state index in [1.807, 2.05) is 28.7 Å². The third kappa shape index (κ3) is 2.71. The molecule has 0 aliphatic rings. The Morgan fingerprint density at radius 2 is 2.29 bits per heavy atom. The predicted molar refractivity (Wildman–Crippen MR) is 94.7 cm³/mol. The fraction of sp³-hybridized carbons (Fsp3) is 0.267. The van der Waals surface area contributed by atoms with Crippen LogP contribution < -0.4 is 0 Å². The van der Waals surface area contributed by atoms with E-state index < -0.39 is 0 Å². The molecule has 0 bridgehead atoms. The van der Waals surface area contributed by atoms with Gasteiger partial charge in [0.15, 0.2) is 0 Å². The number of alkyl halides is 1. The molecule has 3 rings (SSSR count). The maximum Gasteiger partial charge on any atom is 0.138 e. The number of nitrogens with zero attached hydrogens (tertiary/aromatic N) is 2. The van der Waals surface area contributed by atoms with Crippen molar-refractivity contribution in [1.82, 2.24) is 9.55 Å². The lowest BCUT2D eigenvalue weighted by Crippen LogP contribution is -2.11. The van der Waals surface area contributed by atoms with E-state index in [2.05, 4.69) is 27.9 Å². The van der Waals surface area contributed by atoms with Gasteiger partial charge in [0.25, 0.3) is 0 Å². The number of imidazole rings is 1. The zero-order valence-electron chi connectivity index (χ0n) is 11.3. The van der Waals surface area contributed by atoms with Crippen molar-refractivity contribution in [3.05, 3.63) is 49.7 Å². The van der Waals surface area contributed by atoms with Crippen LogP contribution in [0.3, 0.4) is 0 Å². The maximum absolute atomic E-state index is 14.0. The number of hydrogen-bond donors (Lipinski definition) is 0. The quantitative estimate of drug-likeness (QED) is 0.387. The second-order valence-corrected chi connectivity index (χ2v) is 7.13. The monoisotopic (exact) mass is 434 g/mol. The molecule has 0 fully saturated rings. The maximum atomic E-state index is 14.0. The number of hydrogen-bond acceptors (Lipinski definition) is 2. The van der Waals surface area contributed by atoms with Gasteiger partial charge in [-0.25, -0.2) is 9.37 Å². The topological polar surface area (TPSA) is 17.8 Å². The molecule has 0 aliphatic carbocycles. The minimum absolute atomic E-state index is 0.142. The highest BCUT2D eigenvalue weighted by Crippen LogP contribution is 2.32. The van der Waals surface area contributed by atoms with Gasteiger partial charge in [-0.15, -0.1) is 22.9 Å². The van der Waals surface area contributed by atoms with Gasteiger partial charge in [0.05, 0.1) is 26.5 Å². The van der Waals surface area contributed by atoms with Crippen molar-refractivity contribution in [2.45, 2.75) is 25.3 Å². The molecule has 110 valence electrons. The van der Waals surface area contributed by atoms with Gasteiger partial charge in [-0.3, -0.25) is 0 Å². The minimum Gasteiger partial charge on any atom is -0.318 e. The van der Waals surface area contributed by atoms with Crippen molar-refractivity contribution in [2.24, 2.45) is 0 Å². The number of rotatable bonds is 4. The molecule has 2 nitrogen and oxygen atoms in total. The molecule has 0 amide bonds. The second-order valence-electron chi connectivity index (χ2n) is 4.73. The Balaban J connectivity index is 2.26. The van der Waals surface area contributed by atoms with Gasteiger partial charge in [-0.05, 0) is 46.5 Å². The minimum atomic E-state index is -0.216. The lowest BCUT2D eigenvalue weighted by molar-refractivity contribution is 0.571. The summed E-state index contributed by atoms with van der Waals surface area (Å²) in [6, 6.07) is 7.62. The Kier molecular flexibility index (Phi) is 4.51. The first-order chi connectivity index (χ1) is 10.2. The summed E-state index contributed by atoms with van der Waals surface area (Å²) in [5.41, 5.74) is 1.61. The van der Waals surface area contributed by atoms with E-state index in [1.165, 1.54) is 4.88 Å². The van der Waals surface area contributed by atoms with Gasteiger partial charge in [-0.1, -0.05) is 13.0 Å². The molecule has 1 aromatic carbocycles. The van der Waals surface area contributed by atoms with Gasteiger partial charge in [0.1, 0.15) is 11.6 Å². The smallest absolute Gasteiger partial charge is 0.138 e. The highest BCUT2D eigenvalue weighted by atomic mass is 127. The van der Waals surface area contributed by atoms with Gasteiger partial charge >= 0.3 is 0 Å². The molecule has 0 aliphatic heterocycles. The van der Waals surface area contributed by atoms with E-state index in [-0.39, 0.29) is 11.9 Å². The molecule has 3 aromatic rings. The Morgan fingerprint density at radius 1 is 1.48 bits per heavy atom. The van der Waals surface area contributed by atoms with Crippen molar-refractivity contribution < 1.29 is 4.39 Å². The van der Waals surface area contributed by atoms with Crippen molar-refractivity contribution in [3.63, 3.8) is 0 Å². The molecule has 2 aromatic heterocycles. The highest BCUT2D eigenvalue weighted by Gasteiger charge is 2.21. The number of benzene rings is 1. The lowest BCUT2D eigenvalue weighted by Gasteiger charge is -2.18. The van der Waals surface area contributed by atoms with Crippen molar-refractivity contribution in [2.75, 3.05) is 0 Å². The van der Waals surface area contributed by atoms with Crippen LogP contribution in [-0.2, 0) is 5.88 Å². The number of aromatic nitrogens is 2. The third-order valence-electron chi connectivity index (χ3n) is 3.49. The van der Waals surface area contributed by atoms with Crippen LogP contribution >= 0.6 is 45.5 Å². The van der Waals surface area contributed by atoms with E-state index in [0.29, 0.717) is 9.45 Å². The number of fused-ring (bicyclic) bond motifs is 1. The van der Waals surface area contributed by atoms with E-state index in [1.54, 1.807) is 23.5 Å². The van der Waals surface area contributed by atoms with E-state index in [9.17, 15) is 4.39 Å². The van der Waals surface area contributed by atoms with Crippen LogP contribution in [0.2, 0.25) is 0 Å². The first-order valence-corrected chi connectivity index (χ1v) is 9.10. The number of thiophene rings is 1. The number of halogens is 3. The average molecular weight is 435 g/mol. The Morgan fingerprint density at radius 3 is 2.90 bits per heavy atom. The Bertz CT molecular complexity index is 770. The molecule has 2 heterocycles. The third-order valence-corrected chi connectivity index (χ3v) is 5.53. The molecule has 6 heteroatoms. The van der Waals surface area contributed by atoms with Crippen LogP contribution in [0.4, 0.5) is 4.39 Å². The molecule has 0 saturated carbocycles. The first kappa shape index (κ1) is 15.2. The van der Waals surface area contributed by atoms with Crippen molar-refractivity contribution in [3.8, 4) is 0 Å². The fourth-order valence-electron chi connectivity index (χ4n) is 2.57. The molecule has 21 heavy (non-hydrogen) atoms. The van der Waals surface area contributed by atoms with Gasteiger partial charge in [0.2, 0.25) is 0 Å². The summed E-state index contributed by atoms with van der Waals surface area (Å²) in [5, 5.41) is 2.06. The highest BCUT2D eigenvalue weighted by molar-refractivity contribution is 14.1. The largest absolute Gasteiger partial charge is 0.318 e. The van der Waals surface area contributed by atoms with Crippen LogP contribution in [0.5, 0.6) is 0 Å². The van der Waals surface area contributed by atoms with Crippen LogP contribution in [0.1, 0.15) is 30.1 Å². The standard InChI is InChI=1S/C15H13ClFIN2S/c1-2-12(14-4-3-5-21-14)20-13-6-9(17)10(18)7-11(13)19-15(20)8-16/h3-7,12H,2,8H2,1H3. The summed E-state index contributed by atoms with van der Waals surface area (Å²) in [6.07, 6.45) is 0.906. The predicted octanol–water partition coefficient (Wildman–Crippen LogP) is 5.58. The van der Waals surface area contributed by atoms with Crippen molar-refractivity contribution >= 4 is 56.6 Å². The van der Waals surface area contributed by atoms with E-state index >= 15 is 0 Å². The van der Waals surface area contributed by atoms with Crippen LogP contribution in [0.15, 0.2) is 29.6 Å². The molecule has 1 unspecified atom stereocenters. The molecule has 0 saturated heterocycles. The summed E-state index contributed by atoms with van der Waals surface area (Å²) in [5.74, 6) is 0.883. The molecule has 1 atom stereocenters. The SMILES string of the molecule is CCC(c1cccs1)n1c(CCl)nc2cc(I)c(F)cc21. The zero-order chi connectivity index (χ0) is 15.0. The molecular weight excluding hydrogens is 422 g/mol. The Hall–Kier alpha value is -0.660. The first-order valence-electron chi connectivity index (χ1n) is 6.61. The summed E-state index contributed by atoms with van der Waals surface area (Å²) in [7, 11) is 0. The molecular formula is C15H13ClFIN2S. The molecule has 0 spiro atoms. The normalized spacial score (nSPS) is 13.0. The molecule has 0 N–H and O–H groups in total. The van der Waals surface area contributed by atoms with Crippen LogP contribution in [-0.4, -0.2) is 9.55 Å².